The fourth-order valence-electron chi connectivity index (χ4n) is 3.92. The molecule has 2 heterocycles. The van der Waals surface area contributed by atoms with E-state index in [4.69, 9.17) is 21.3 Å². The molecule has 1 aliphatic rings. The highest BCUT2D eigenvalue weighted by Crippen LogP contribution is 2.36. The van der Waals surface area contributed by atoms with Crippen molar-refractivity contribution < 1.29 is 17.9 Å². The van der Waals surface area contributed by atoms with Crippen molar-refractivity contribution in [2.45, 2.75) is 57.7 Å². The highest BCUT2D eigenvalue weighted by molar-refractivity contribution is 6.31. The summed E-state index contributed by atoms with van der Waals surface area (Å²) in [6.45, 7) is 1.98. The number of H-pyrrole nitrogens is 1. The zero-order valence-corrected chi connectivity index (χ0v) is 17.9. The van der Waals surface area contributed by atoms with Crippen molar-refractivity contribution in [2.75, 3.05) is 0 Å². The van der Waals surface area contributed by atoms with Crippen molar-refractivity contribution in [1.82, 2.24) is 15.0 Å². The molecule has 1 aliphatic carbocycles. The van der Waals surface area contributed by atoms with E-state index in [9.17, 15) is 13.2 Å². The van der Waals surface area contributed by atoms with E-state index in [0.717, 1.165) is 47.8 Å². The number of rotatable bonds is 5. The summed E-state index contributed by atoms with van der Waals surface area (Å²) in [5, 5.41) is 0.530. The smallest absolute Gasteiger partial charge is 0.417 e. The number of hydrogen-bond donors (Lipinski definition) is 1. The van der Waals surface area contributed by atoms with Crippen LogP contribution in [0.15, 0.2) is 36.5 Å². The van der Waals surface area contributed by atoms with Gasteiger partial charge in [0.1, 0.15) is 29.0 Å². The third-order valence-corrected chi connectivity index (χ3v) is 5.92. The highest BCUT2D eigenvalue weighted by Gasteiger charge is 2.30. The zero-order chi connectivity index (χ0) is 22.0. The lowest BCUT2D eigenvalue weighted by Crippen LogP contribution is -2.07. The number of aromatic amines is 1. The van der Waals surface area contributed by atoms with Crippen molar-refractivity contribution >= 4 is 11.6 Å². The van der Waals surface area contributed by atoms with Gasteiger partial charge in [0.05, 0.1) is 11.3 Å². The van der Waals surface area contributed by atoms with Crippen molar-refractivity contribution in [3.05, 3.63) is 64.3 Å². The second-order valence-corrected chi connectivity index (χ2v) is 8.30. The first-order valence-corrected chi connectivity index (χ1v) is 10.7. The molecule has 1 aromatic carbocycles. The number of aryl methyl sites for hydroxylation is 1. The average molecular weight is 450 g/mol. The number of ether oxygens (including phenoxy) is 1. The predicted molar refractivity (Wildman–Crippen MR) is 113 cm³/mol. The summed E-state index contributed by atoms with van der Waals surface area (Å²) in [5.41, 5.74) is 2.13. The first-order chi connectivity index (χ1) is 14.8. The minimum absolute atomic E-state index is 0.0767. The molecule has 3 aromatic rings. The van der Waals surface area contributed by atoms with Gasteiger partial charge >= 0.3 is 6.18 Å². The van der Waals surface area contributed by atoms with E-state index >= 15 is 0 Å². The van der Waals surface area contributed by atoms with Crippen molar-refractivity contribution in [3.63, 3.8) is 0 Å². The second-order valence-electron chi connectivity index (χ2n) is 7.92. The van der Waals surface area contributed by atoms with Gasteiger partial charge < -0.3 is 9.72 Å². The second kappa shape index (κ2) is 8.91. The average Bonchev–Trinajstić information content (AvgIpc) is 3.15. The molecular weight excluding hydrogens is 427 g/mol. The number of imidazole rings is 1. The number of nitrogens with one attached hydrogen (secondary N) is 1. The Hall–Kier alpha value is -2.54. The van der Waals surface area contributed by atoms with Crippen LogP contribution in [-0.4, -0.2) is 15.0 Å². The highest BCUT2D eigenvalue weighted by atomic mass is 35.5. The van der Waals surface area contributed by atoms with E-state index in [2.05, 4.69) is 9.97 Å². The first-order valence-electron chi connectivity index (χ1n) is 10.3. The number of aromatic nitrogens is 3. The molecule has 31 heavy (non-hydrogen) atoms. The molecule has 0 spiro atoms. The van der Waals surface area contributed by atoms with Crippen LogP contribution in [0.2, 0.25) is 5.15 Å². The maximum atomic E-state index is 12.6. The number of alkyl halides is 3. The molecule has 0 amide bonds. The van der Waals surface area contributed by atoms with Crippen molar-refractivity contribution in [3.8, 4) is 17.0 Å². The summed E-state index contributed by atoms with van der Waals surface area (Å²) < 4.78 is 43.7. The number of nitrogens with zero attached hydrogens (tertiary/aromatic N) is 2. The molecule has 0 atom stereocenters. The molecule has 0 saturated heterocycles. The van der Waals surface area contributed by atoms with Gasteiger partial charge in [0.15, 0.2) is 0 Å². The van der Waals surface area contributed by atoms with Gasteiger partial charge in [-0.15, -0.1) is 0 Å². The van der Waals surface area contributed by atoms with Gasteiger partial charge in [-0.1, -0.05) is 30.9 Å². The molecule has 2 aromatic heterocycles. The van der Waals surface area contributed by atoms with Crippen LogP contribution in [0.4, 0.5) is 13.2 Å². The van der Waals surface area contributed by atoms with Gasteiger partial charge in [-0.25, -0.2) is 4.98 Å². The molecule has 0 unspecified atom stereocenters. The predicted octanol–water partition coefficient (Wildman–Crippen LogP) is 7.08. The standard InChI is InChI=1S/C23H23ClF3N3O/c1-14-11-16(20-21(24)30-22(29-20)15-5-3-2-4-6-15)7-10-19(14)31-13-18-9-8-17(12-28-18)23(25,26)27/h7-12,15H,2-6,13H2,1H3,(H,29,30). The minimum Gasteiger partial charge on any atom is -0.487 e. The minimum atomic E-state index is -4.40. The maximum Gasteiger partial charge on any atom is 0.417 e. The molecule has 8 heteroatoms. The summed E-state index contributed by atoms with van der Waals surface area (Å²) in [4.78, 5) is 11.8. The third kappa shape index (κ3) is 5.03. The van der Waals surface area contributed by atoms with Gasteiger partial charge in [-0.05, 0) is 55.7 Å². The number of pyridine rings is 1. The van der Waals surface area contributed by atoms with Crippen LogP contribution in [0.1, 0.15) is 60.7 Å². The van der Waals surface area contributed by atoms with E-state index in [1.807, 2.05) is 25.1 Å². The molecule has 4 rings (SSSR count). The largest absolute Gasteiger partial charge is 0.487 e. The normalized spacial score (nSPS) is 15.3. The monoisotopic (exact) mass is 449 g/mol. The van der Waals surface area contributed by atoms with Crippen LogP contribution in [0.5, 0.6) is 5.75 Å². The summed E-state index contributed by atoms with van der Waals surface area (Å²) in [6, 6.07) is 7.98. The van der Waals surface area contributed by atoms with E-state index in [-0.39, 0.29) is 6.61 Å². The zero-order valence-electron chi connectivity index (χ0n) is 17.1. The fourth-order valence-corrected chi connectivity index (χ4v) is 4.17. The summed E-state index contributed by atoms with van der Waals surface area (Å²) in [6.07, 6.45) is 2.40. The van der Waals surface area contributed by atoms with E-state index in [1.165, 1.54) is 25.3 Å². The summed E-state index contributed by atoms with van der Waals surface area (Å²) >= 11 is 6.44. The molecule has 0 radical (unpaired) electrons. The Morgan fingerprint density at radius 1 is 1.13 bits per heavy atom. The first kappa shape index (κ1) is 21.7. The van der Waals surface area contributed by atoms with Crippen LogP contribution >= 0.6 is 11.6 Å². The topological polar surface area (TPSA) is 50.8 Å². The lowest BCUT2D eigenvalue weighted by atomic mass is 9.89. The van der Waals surface area contributed by atoms with Gasteiger partial charge in [0.25, 0.3) is 0 Å². The SMILES string of the molecule is Cc1cc(-c2nc(C3CCCCC3)[nH]c2Cl)ccc1OCc1ccc(C(F)(F)F)cn1. The van der Waals surface area contributed by atoms with Gasteiger partial charge in [-0.3, -0.25) is 4.98 Å². The molecule has 1 saturated carbocycles. The number of halogens is 4. The molecular formula is C23H23ClF3N3O. The molecule has 1 N–H and O–H groups in total. The molecule has 0 aliphatic heterocycles. The van der Waals surface area contributed by atoms with Crippen molar-refractivity contribution in [2.24, 2.45) is 0 Å². The van der Waals surface area contributed by atoms with E-state index < -0.39 is 11.7 Å². The fraction of sp³-hybridized carbons (Fsp3) is 0.391. The maximum absolute atomic E-state index is 12.6. The Balaban J connectivity index is 1.45. The van der Waals surface area contributed by atoms with Crippen molar-refractivity contribution in [1.29, 1.82) is 0 Å². The van der Waals surface area contributed by atoms with E-state index in [1.54, 1.807) is 0 Å². The van der Waals surface area contributed by atoms with Gasteiger partial charge in [0, 0.05) is 17.7 Å². The Labute approximate surface area is 183 Å². The van der Waals surface area contributed by atoms with Crippen LogP contribution in [0.25, 0.3) is 11.3 Å². The van der Waals surface area contributed by atoms with Crippen LogP contribution < -0.4 is 4.74 Å². The lowest BCUT2D eigenvalue weighted by molar-refractivity contribution is -0.137. The Morgan fingerprint density at radius 2 is 1.90 bits per heavy atom. The molecule has 1 fully saturated rings. The Bertz CT molecular complexity index is 1040. The molecule has 164 valence electrons. The number of benzene rings is 1. The Morgan fingerprint density at radius 3 is 2.55 bits per heavy atom. The van der Waals surface area contributed by atoms with Crippen LogP contribution in [0, 0.1) is 6.92 Å². The third-order valence-electron chi connectivity index (χ3n) is 5.65. The van der Waals surface area contributed by atoms with Gasteiger partial charge in [-0.2, -0.15) is 13.2 Å². The van der Waals surface area contributed by atoms with E-state index in [0.29, 0.717) is 22.5 Å². The van der Waals surface area contributed by atoms with Crippen LogP contribution in [0.3, 0.4) is 0 Å². The lowest BCUT2D eigenvalue weighted by Gasteiger charge is -2.19. The number of hydrogen-bond acceptors (Lipinski definition) is 3. The summed E-state index contributed by atoms with van der Waals surface area (Å²) in [7, 11) is 0. The molecule has 0 bridgehead atoms. The molecule has 4 nitrogen and oxygen atoms in total. The quantitative estimate of drug-likeness (QED) is 0.452. The summed E-state index contributed by atoms with van der Waals surface area (Å²) in [5.74, 6) is 2.01. The van der Waals surface area contributed by atoms with Crippen LogP contribution in [-0.2, 0) is 12.8 Å². The van der Waals surface area contributed by atoms with Gasteiger partial charge in [0.2, 0.25) is 0 Å². The Kier molecular flexibility index (Phi) is 6.23.